The molecule has 0 aliphatic carbocycles. The predicted octanol–water partition coefficient (Wildman–Crippen LogP) is 0.309. The van der Waals surface area contributed by atoms with Gasteiger partial charge in [-0.2, -0.15) is 0 Å². The highest BCUT2D eigenvalue weighted by atomic mass is 16.4. The summed E-state index contributed by atoms with van der Waals surface area (Å²) in [4.78, 5) is 24.2. The normalized spacial score (nSPS) is 20.8. The molecule has 0 radical (unpaired) electrons. The number of nitrogens with zero attached hydrogens (tertiary/aromatic N) is 1. The van der Waals surface area contributed by atoms with Gasteiger partial charge in [0.05, 0.1) is 5.92 Å². The van der Waals surface area contributed by atoms with Gasteiger partial charge < -0.3 is 15.3 Å². The highest BCUT2D eigenvalue weighted by Crippen LogP contribution is 2.17. The van der Waals surface area contributed by atoms with Gasteiger partial charge in [0, 0.05) is 26.1 Å². The topological polar surface area (TPSA) is 69.6 Å². The molecule has 16 heavy (non-hydrogen) atoms. The Morgan fingerprint density at radius 2 is 2.25 bits per heavy atom. The molecule has 0 bridgehead atoms. The molecular formula is C11H20N2O3. The molecule has 1 aliphatic heterocycles. The third-order valence-electron chi connectivity index (χ3n) is 2.89. The lowest BCUT2D eigenvalue weighted by molar-refractivity contribution is -0.145. The molecule has 1 atom stereocenters. The Hall–Kier alpha value is -1.10. The minimum Gasteiger partial charge on any atom is -0.481 e. The van der Waals surface area contributed by atoms with Gasteiger partial charge in [-0.3, -0.25) is 9.59 Å². The van der Waals surface area contributed by atoms with E-state index in [1.807, 2.05) is 6.92 Å². The Kier molecular flexibility index (Phi) is 5.25. The summed E-state index contributed by atoms with van der Waals surface area (Å²) >= 11 is 0. The second-order valence-corrected chi connectivity index (χ2v) is 4.12. The fourth-order valence-electron chi connectivity index (χ4n) is 1.94. The Bertz CT molecular complexity index is 256. The summed E-state index contributed by atoms with van der Waals surface area (Å²) in [5.74, 6) is -1.10. The van der Waals surface area contributed by atoms with Crippen molar-refractivity contribution in [3.05, 3.63) is 0 Å². The molecule has 1 amide bonds. The van der Waals surface area contributed by atoms with Crippen molar-refractivity contribution in [2.75, 3.05) is 26.2 Å². The zero-order valence-electron chi connectivity index (χ0n) is 9.74. The first-order valence-electron chi connectivity index (χ1n) is 5.86. The van der Waals surface area contributed by atoms with Crippen LogP contribution < -0.4 is 5.32 Å². The van der Waals surface area contributed by atoms with Crippen molar-refractivity contribution in [2.24, 2.45) is 5.92 Å². The third kappa shape index (κ3) is 3.81. The van der Waals surface area contributed by atoms with E-state index in [2.05, 4.69) is 5.32 Å². The average Bonchev–Trinajstić information content (AvgIpc) is 2.29. The van der Waals surface area contributed by atoms with E-state index in [-0.39, 0.29) is 11.8 Å². The number of hydrogen-bond donors (Lipinski definition) is 2. The highest BCUT2D eigenvalue weighted by molar-refractivity contribution is 5.78. The van der Waals surface area contributed by atoms with Gasteiger partial charge in [-0.15, -0.1) is 0 Å². The van der Waals surface area contributed by atoms with Gasteiger partial charge in [0.2, 0.25) is 5.91 Å². The summed E-state index contributed by atoms with van der Waals surface area (Å²) in [5.41, 5.74) is 0. The Morgan fingerprint density at radius 3 is 2.88 bits per heavy atom. The van der Waals surface area contributed by atoms with Gasteiger partial charge >= 0.3 is 5.97 Å². The summed E-state index contributed by atoms with van der Waals surface area (Å²) in [7, 11) is 0. The maximum atomic E-state index is 11.7. The van der Waals surface area contributed by atoms with Crippen LogP contribution in [0.25, 0.3) is 0 Å². The van der Waals surface area contributed by atoms with E-state index in [1.54, 1.807) is 4.90 Å². The molecule has 92 valence electrons. The van der Waals surface area contributed by atoms with E-state index < -0.39 is 5.97 Å². The van der Waals surface area contributed by atoms with E-state index in [1.165, 1.54) is 0 Å². The molecule has 0 aromatic carbocycles. The minimum absolute atomic E-state index is 0.0619. The maximum absolute atomic E-state index is 11.7. The first kappa shape index (κ1) is 13.0. The van der Waals surface area contributed by atoms with E-state index in [4.69, 9.17) is 5.11 Å². The summed E-state index contributed by atoms with van der Waals surface area (Å²) in [6.07, 6.45) is 1.94. The number of hydrogen-bond acceptors (Lipinski definition) is 3. The fraction of sp³-hybridized carbons (Fsp3) is 0.818. The summed E-state index contributed by atoms with van der Waals surface area (Å²) in [6.45, 7) is 4.59. The van der Waals surface area contributed by atoms with Crippen LogP contribution in [-0.2, 0) is 9.59 Å². The van der Waals surface area contributed by atoms with Gasteiger partial charge in [0.1, 0.15) is 0 Å². The zero-order chi connectivity index (χ0) is 12.0. The lowest BCUT2D eigenvalue weighted by Crippen LogP contribution is -2.43. The van der Waals surface area contributed by atoms with Crippen LogP contribution in [0.4, 0.5) is 0 Å². The molecule has 0 saturated carbocycles. The number of rotatable bonds is 5. The fourth-order valence-corrected chi connectivity index (χ4v) is 1.94. The van der Waals surface area contributed by atoms with Gasteiger partial charge in [0.15, 0.2) is 0 Å². The largest absolute Gasteiger partial charge is 0.481 e. The lowest BCUT2D eigenvalue weighted by Gasteiger charge is -2.30. The van der Waals surface area contributed by atoms with E-state index in [9.17, 15) is 9.59 Å². The van der Waals surface area contributed by atoms with Crippen LogP contribution in [0.5, 0.6) is 0 Å². The second-order valence-electron chi connectivity index (χ2n) is 4.12. The van der Waals surface area contributed by atoms with Crippen LogP contribution in [0.3, 0.4) is 0 Å². The molecule has 1 saturated heterocycles. The van der Waals surface area contributed by atoms with E-state index in [0.717, 1.165) is 13.0 Å². The SMILES string of the molecule is CCNCCC(=O)N1CCC[C@@H](C(=O)O)C1. The summed E-state index contributed by atoms with van der Waals surface area (Å²) < 4.78 is 0. The van der Waals surface area contributed by atoms with Crippen LogP contribution in [0.1, 0.15) is 26.2 Å². The Labute approximate surface area is 95.8 Å². The number of likely N-dealkylation sites (tertiary alicyclic amines) is 1. The summed E-state index contributed by atoms with van der Waals surface area (Å²) in [6, 6.07) is 0. The smallest absolute Gasteiger partial charge is 0.308 e. The van der Waals surface area contributed by atoms with Crippen molar-refractivity contribution in [1.29, 1.82) is 0 Å². The second kappa shape index (κ2) is 6.48. The molecule has 1 fully saturated rings. The zero-order valence-corrected chi connectivity index (χ0v) is 9.74. The van der Waals surface area contributed by atoms with E-state index in [0.29, 0.717) is 32.5 Å². The van der Waals surface area contributed by atoms with Crippen molar-refractivity contribution in [3.63, 3.8) is 0 Å². The van der Waals surface area contributed by atoms with Crippen LogP contribution in [0, 0.1) is 5.92 Å². The lowest BCUT2D eigenvalue weighted by atomic mass is 9.98. The van der Waals surface area contributed by atoms with Crippen molar-refractivity contribution >= 4 is 11.9 Å². The van der Waals surface area contributed by atoms with Gasteiger partial charge in [-0.25, -0.2) is 0 Å². The van der Waals surface area contributed by atoms with Crippen molar-refractivity contribution in [3.8, 4) is 0 Å². The third-order valence-corrected chi connectivity index (χ3v) is 2.89. The molecule has 1 rings (SSSR count). The van der Waals surface area contributed by atoms with Crippen molar-refractivity contribution in [1.82, 2.24) is 10.2 Å². The monoisotopic (exact) mass is 228 g/mol. The molecule has 0 spiro atoms. The quantitative estimate of drug-likeness (QED) is 0.664. The predicted molar refractivity (Wildman–Crippen MR) is 60.1 cm³/mol. The van der Waals surface area contributed by atoms with Crippen molar-refractivity contribution < 1.29 is 14.7 Å². The molecule has 2 N–H and O–H groups in total. The maximum Gasteiger partial charge on any atom is 0.308 e. The Balaban J connectivity index is 2.35. The van der Waals surface area contributed by atoms with Crippen LogP contribution >= 0.6 is 0 Å². The van der Waals surface area contributed by atoms with Crippen LogP contribution in [0.2, 0.25) is 0 Å². The molecule has 1 heterocycles. The first-order valence-corrected chi connectivity index (χ1v) is 5.86. The average molecular weight is 228 g/mol. The van der Waals surface area contributed by atoms with Crippen LogP contribution in [-0.4, -0.2) is 48.1 Å². The van der Waals surface area contributed by atoms with Crippen molar-refractivity contribution in [2.45, 2.75) is 26.2 Å². The Morgan fingerprint density at radius 1 is 1.50 bits per heavy atom. The van der Waals surface area contributed by atoms with E-state index >= 15 is 0 Å². The molecule has 0 unspecified atom stereocenters. The number of carboxylic acids is 1. The van der Waals surface area contributed by atoms with Gasteiger partial charge in [0.25, 0.3) is 0 Å². The number of carbonyl (C=O) groups excluding carboxylic acids is 1. The first-order chi connectivity index (χ1) is 7.65. The van der Waals surface area contributed by atoms with Gasteiger partial charge in [-0.05, 0) is 19.4 Å². The number of nitrogens with one attached hydrogen (secondary N) is 1. The molecule has 0 aromatic rings. The number of aliphatic carboxylic acids is 1. The minimum atomic E-state index is -0.788. The molecular weight excluding hydrogens is 208 g/mol. The number of carboxylic acid groups (broad SMARTS) is 1. The summed E-state index contributed by atoms with van der Waals surface area (Å²) in [5, 5.41) is 12.0. The standard InChI is InChI=1S/C11H20N2O3/c1-2-12-6-5-10(14)13-7-3-4-9(8-13)11(15)16/h9,12H,2-8H2,1H3,(H,15,16)/t9-/m1/s1. The van der Waals surface area contributed by atoms with Crippen LogP contribution in [0.15, 0.2) is 0 Å². The molecule has 0 aromatic heterocycles. The van der Waals surface area contributed by atoms with Gasteiger partial charge in [-0.1, -0.05) is 6.92 Å². The molecule has 5 nitrogen and oxygen atoms in total. The number of piperidine rings is 1. The number of amides is 1. The highest BCUT2D eigenvalue weighted by Gasteiger charge is 2.27. The molecule has 1 aliphatic rings. The molecule has 5 heteroatoms. The number of carbonyl (C=O) groups is 2.